The Balaban J connectivity index is 0.864. The molecule has 17 aromatic rings. The van der Waals surface area contributed by atoms with Crippen LogP contribution in [-0.4, -0.2) is 20.1 Å². The molecule has 107 heavy (non-hydrogen) atoms. The van der Waals surface area contributed by atoms with Gasteiger partial charge in [0, 0.05) is 86.1 Å². The van der Waals surface area contributed by atoms with Crippen molar-refractivity contribution in [3.05, 3.63) is 364 Å². The normalized spacial score (nSPS) is 13.3. The molecule has 0 aromatic heterocycles. The van der Waals surface area contributed by atoms with Crippen molar-refractivity contribution in [1.82, 2.24) is 0 Å². The molecule has 0 unspecified atom stereocenters. The largest absolute Gasteiger partial charge is 0.458 e. The van der Waals surface area contributed by atoms with Crippen molar-refractivity contribution in [1.29, 1.82) is 0 Å². The predicted octanol–water partition coefficient (Wildman–Crippen LogP) is 19.3. The van der Waals surface area contributed by atoms with Crippen LogP contribution in [0.1, 0.15) is 0 Å². The van der Waals surface area contributed by atoms with E-state index in [1.165, 1.54) is 16.4 Å². The Morgan fingerprint density at radius 2 is 0.458 bits per heavy atom. The molecule has 0 saturated heterocycles. The Morgan fingerprint density at radius 1 is 0.187 bits per heavy atom. The molecule has 0 aliphatic carbocycles. The van der Waals surface area contributed by atoms with Crippen LogP contribution in [-0.2, 0) is 0 Å². The lowest BCUT2D eigenvalue weighted by Crippen LogP contribution is -2.59. The summed E-state index contributed by atoms with van der Waals surface area (Å²) in [6.45, 7) is -0.619. The van der Waals surface area contributed by atoms with Crippen molar-refractivity contribution in [3.8, 4) is 34.5 Å². The summed E-state index contributed by atoms with van der Waals surface area (Å²) in [6.07, 6.45) is 0. The van der Waals surface area contributed by atoms with E-state index in [1.54, 1.807) is 0 Å². The van der Waals surface area contributed by atoms with Gasteiger partial charge in [-0.1, -0.05) is 206 Å². The van der Waals surface area contributed by atoms with Gasteiger partial charge in [-0.15, -0.1) is 0 Å². The molecule has 11 heteroatoms. The number of hydrogen-bond acceptors (Lipinski definition) is 8. The number of benzene rings is 17. The molecule has 0 spiro atoms. The first-order chi connectivity index (χ1) is 53.1. The smallest absolute Gasteiger partial charge is 0.256 e. The second kappa shape index (κ2) is 23.3. The number of para-hydroxylation sites is 10. The highest BCUT2D eigenvalue weighted by Crippen LogP contribution is 2.52. The number of rotatable bonds is 9. The summed E-state index contributed by atoms with van der Waals surface area (Å²) in [7, 11) is 0. The highest BCUT2D eigenvalue weighted by molar-refractivity contribution is 7.01. The minimum Gasteiger partial charge on any atom is -0.458 e. The fraction of sp³-hybridized carbons (Fsp3) is 0. The minimum absolute atomic E-state index is 0.157. The molecular weight excluding hydrogens is 1300 g/mol. The van der Waals surface area contributed by atoms with Crippen LogP contribution in [0, 0.1) is 0 Å². The molecule has 0 atom stereocenters. The van der Waals surface area contributed by atoms with Gasteiger partial charge in [-0.25, -0.2) is 0 Å². The van der Waals surface area contributed by atoms with Crippen LogP contribution in [0.2, 0.25) is 0 Å². The van der Waals surface area contributed by atoms with E-state index in [4.69, 9.17) is 14.2 Å². The molecule has 17 aromatic carbocycles. The summed E-state index contributed by atoms with van der Waals surface area (Å²) in [5.41, 5.74) is 26.1. The molecule has 8 nitrogen and oxygen atoms in total. The number of anilines is 15. The zero-order valence-electron chi connectivity index (χ0n) is 57.8. The van der Waals surface area contributed by atoms with Gasteiger partial charge in [0.1, 0.15) is 34.5 Å². The van der Waals surface area contributed by atoms with Crippen LogP contribution < -0.4 is 87.9 Å². The van der Waals surface area contributed by atoms with Gasteiger partial charge in [0.15, 0.2) is 0 Å². The number of ether oxygens (including phenoxy) is 3. The zero-order valence-corrected chi connectivity index (χ0v) is 57.8. The van der Waals surface area contributed by atoms with Crippen molar-refractivity contribution >= 4 is 187 Å². The Hall–Kier alpha value is -13.9. The fourth-order valence-electron chi connectivity index (χ4n) is 18.5. The predicted molar refractivity (Wildman–Crippen MR) is 446 cm³/mol. The van der Waals surface area contributed by atoms with E-state index >= 15 is 0 Å². The summed E-state index contributed by atoms with van der Waals surface area (Å²) in [6, 6.07) is 133. The summed E-state index contributed by atoms with van der Waals surface area (Å²) >= 11 is 0. The van der Waals surface area contributed by atoms with Crippen LogP contribution in [0.4, 0.5) is 85.3 Å². The second-order valence-corrected chi connectivity index (χ2v) is 28.6. The van der Waals surface area contributed by atoms with Gasteiger partial charge < -0.3 is 38.7 Å². The number of fused-ring (bicyclic) bond motifs is 18. The molecular formula is C96H60B3N5O3. The monoisotopic (exact) mass is 1360 g/mol. The van der Waals surface area contributed by atoms with Gasteiger partial charge in [-0.05, 0) is 227 Å². The lowest BCUT2D eigenvalue weighted by atomic mass is 9.33. The molecule has 0 saturated carbocycles. The summed E-state index contributed by atoms with van der Waals surface area (Å²) in [5, 5.41) is 6.89. The summed E-state index contributed by atoms with van der Waals surface area (Å²) < 4.78 is 21.7. The van der Waals surface area contributed by atoms with E-state index in [0.29, 0.717) is 0 Å². The van der Waals surface area contributed by atoms with Crippen LogP contribution >= 0.6 is 0 Å². The van der Waals surface area contributed by atoms with Crippen molar-refractivity contribution in [3.63, 3.8) is 0 Å². The topological polar surface area (TPSA) is 43.9 Å². The number of nitrogens with zero attached hydrogens (tertiary/aromatic N) is 5. The average molecular weight is 1360 g/mol. The van der Waals surface area contributed by atoms with E-state index in [0.717, 1.165) is 185 Å². The van der Waals surface area contributed by atoms with Gasteiger partial charge in [-0.3, -0.25) is 0 Å². The summed E-state index contributed by atoms with van der Waals surface area (Å²) in [5.74, 6) is 5.06. The van der Waals surface area contributed by atoms with Crippen molar-refractivity contribution in [2.75, 3.05) is 24.5 Å². The number of hydrogen-bond donors (Lipinski definition) is 0. The highest BCUT2D eigenvalue weighted by Gasteiger charge is 2.47. The molecule has 496 valence electrons. The van der Waals surface area contributed by atoms with Gasteiger partial charge >= 0.3 is 0 Å². The zero-order chi connectivity index (χ0) is 70.0. The Kier molecular flexibility index (Phi) is 13.0. The van der Waals surface area contributed by atoms with Crippen molar-refractivity contribution in [2.45, 2.75) is 0 Å². The van der Waals surface area contributed by atoms with Crippen LogP contribution in [0.3, 0.4) is 0 Å². The van der Waals surface area contributed by atoms with E-state index in [2.05, 4.69) is 388 Å². The molecule has 6 heterocycles. The molecule has 0 fully saturated rings. The lowest BCUT2D eigenvalue weighted by Gasteiger charge is -2.42. The molecule has 6 aliphatic heterocycles. The van der Waals surface area contributed by atoms with Crippen molar-refractivity contribution in [2.24, 2.45) is 0 Å². The standard InChI is InChI=1S/C96H60B3N5O3/c1-8-29-61(30-9-1)100(62-31-10-2-11-32-62)68-51-86-95-92(53-68)106-89-48-26-23-44-77(89)98(95)80-56-71-73-58-83-79(97-76-43-22-25-47-88(76)105-91-50-28-46-82(94(91)97)102(83)65-37-16-5-17-38-65)55-70(73)74-59-84-81(57-72(74)75(71)60-85(80)104(86)67-41-20-7-21-42-67)99-78-45-24-27-49-90(78)107-93-54-69(52-87(96(93)99)103(84)66-39-18-6-19-40-66)101(63-33-12-3-13-34-63)64-35-14-4-15-36-64/h1-60H. The van der Waals surface area contributed by atoms with Gasteiger partial charge in [-0.2, -0.15) is 0 Å². The third-order valence-electron chi connectivity index (χ3n) is 22.8. The minimum atomic E-state index is -0.235. The van der Waals surface area contributed by atoms with Crippen LogP contribution in [0.15, 0.2) is 364 Å². The van der Waals surface area contributed by atoms with Crippen LogP contribution in [0.5, 0.6) is 34.5 Å². The van der Waals surface area contributed by atoms with Gasteiger partial charge in [0.05, 0.1) is 11.4 Å². The Morgan fingerprint density at radius 3 is 0.804 bits per heavy atom. The molecule has 0 radical (unpaired) electrons. The maximum Gasteiger partial charge on any atom is 0.256 e. The van der Waals surface area contributed by atoms with E-state index < -0.39 is 0 Å². The SMILES string of the molecule is c1ccc(N(c2ccccc2)c2cc3c4c(c2)N(c2ccccc2)c2cc5c(cc2B4c2ccccc2O3)c2cc3c(cc2c2cc4c(cc52)B2c5ccccc5Oc5cc(N(c6ccccc6)c6ccccc6)cc(c52)N4c2ccccc2)B2c4ccccc4Oc4cccc(c42)N3c2ccccc2)cc1. The van der Waals surface area contributed by atoms with Gasteiger partial charge in [0.2, 0.25) is 0 Å². The quantitative estimate of drug-likeness (QED) is 0.105. The van der Waals surface area contributed by atoms with E-state index in [-0.39, 0.29) is 20.1 Å². The molecule has 23 rings (SSSR count). The Labute approximate surface area is 620 Å². The third-order valence-corrected chi connectivity index (χ3v) is 22.8. The lowest BCUT2D eigenvalue weighted by molar-refractivity contribution is 0.487. The fourth-order valence-corrected chi connectivity index (χ4v) is 18.5. The van der Waals surface area contributed by atoms with E-state index in [9.17, 15) is 0 Å². The third kappa shape index (κ3) is 8.95. The first-order valence-corrected chi connectivity index (χ1v) is 36.8. The van der Waals surface area contributed by atoms with Crippen molar-refractivity contribution < 1.29 is 14.2 Å². The molecule has 0 bridgehead atoms. The first-order valence-electron chi connectivity index (χ1n) is 36.8. The van der Waals surface area contributed by atoms with E-state index in [1.807, 2.05) is 0 Å². The molecule has 0 N–H and O–H groups in total. The maximum absolute atomic E-state index is 7.37. The molecule has 0 amide bonds. The molecule has 6 aliphatic rings. The second-order valence-electron chi connectivity index (χ2n) is 28.6. The van der Waals surface area contributed by atoms with Crippen LogP contribution in [0.25, 0.3) is 32.3 Å². The van der Waals surface area contributed by atoms with Gasteiger partial charge in [0.25, 0.3) is 20.1 Å². The highest BCUT2D eigenvalue weighted by atomic mass is 16.5. The Bertz CT molecular complexity index is 6290. The first kappa shape index (κ1) is 59.6. The average Bonchev–Trinajstić information content (AvgIpc) is 0.695. The summed E-state index contributed by atoms with van der Waals surface area (Å²) in [4.78, 5) is 12.2. The maximum atomic E-state index is 7.37.